The summed E-state index contributed by atoms with van der Waals surface area (Å²) in [6.45, 7) is 3.29. The molecule has 0 aromatic rings. The number of halogens is 2. The number of hydrogen-bond acceptors (Lipinski definition) is 1. The van der Waals surface area contributed by atoms with E-state index in [9.17, 15) is 13.6 Å². The van der Waals surface area contributed by atoms with Crippen molar-refractivity contribution < 1.29 is 13.6 Å². The Morgan fingerprint density at radius 2 is 2.00 bits per heavy atom. The number of rotatable bonds is 2. The quantitative estimate of drug-likeness (QED) is 0.660. The van der Waals surface area contributed by atoms with E-state index in [2.05, 4.69) is 11.9 Å². The van der Waals surface area contributed by atoms with E-state index in [1.54, 1.807) is 0 Å². The van der Waals surface area contributed by atoms with E-state index in [1.807, 2.05) is 0 Å². The Bertz CT molecular complexity index is 206. The summed E-state index contributed by atoms with van der Waals surface area (Å²) < 4.78 is 25.3. The molecule has 0 aromatic heterocycles. The lowest BCUT2D eigenvalue weighted by atomic mass is 9.92. The predicted octanol–water partition coefficient (Wildman–Crippen LogP) is 1.87. The van der Waals surface area contributed by atoms with Crippen molar-refractivity contribution in [1.29, 1.82) is 0 Å². The summed E-state index contributed by atoms with van der Waals surface area (Å²) >= 11 is 0. The van der Waals surface area contributed by atoms with E-state index >= 15 is 0 Å². The molecule has 1 fully saturated rings. The van der Waals surface area contributed by atoms with E-state index in [-0.39, 0.29) is 24.8 Å². The number of hydrogen-bond donors (Lipinski definition) is 1. The smallest absolute Gasteiger partial charge is 0.248 e. The molecule has 13 heavy (non-hydrogen) atoms. The fraction of sp³-hybridized carbons (Fsp3) is 0.667. The molecule has 0 heterocycles. The summed E-state index contributed by atoms with van der Waals surface area (Å²) in [5, 5.41) is 2.62. The Kier molecular flexibility index (Phi) is 3.01. The summed E-state index contributed by atoms with van der Waals surface area (Å²) in [7, 11) is 0. The fourth-order valence-electron chi connectivity index (χ4n) is 1.44. The van der Waals surface area contributed by atoms with Gasteiger partial charge in [-0.25, -0.2) is 8.78 Å². The molecule has 0 saturated heterocycles. The summed E-state index contributed by atoms with van der Waals surface area (Å²) in [5.41, 5.74) is 0. The van der Waals surface area contributed by atoms with Crippen LogP contribution in [0.4, 0.5) is 8.78 Å². The van der Waals surface area contributed by atoms with Crippen LogP contribution in [-0.4, -0.2) is 17.9 Å². The maximum Gasteiger partial charge on any atom is 0.248 e. The first kappa shape index (κ1) is 10.2. The van der Waals surface area contributed by atoms with E-state index in [0.717, 1.165) is 6.08 Å². The first-order chi connectivity index (χ1) is 6.03. The highest BCUT2D eigenvalue weighted by molar-refractivity contribution is 5.87. The Balaban J connectivity index is 2.33. The molecule has 0 aliphatic heterocycles. The highest BCUT2D eigenvalue weighted by Crippen LogP contribution is 2.32. The van der Waals surface area contributed by atoms with Crippen molar-refractivity contribution in [2.75, 3.05) is 0 Å². The van der Waals surface area contributed by atoms with Crippen molar-refractivity contribution in [2.24, 2.45) is 0 Å². The number of amides is 1. The highest BCUT2D eigenvalue weighted by Gasteiger charge is 2.34. The molecule has 74 valence electrons. The van der Waals surface area contributed by atoms with Crippen LogP contribution in [0.3, 0.4) is 0 Å². The molecule has 0 aromatic carbocycles. The lowest BCUT2D eigenvalue weighted by Crippen LogP contribution is -2.39. The summed E-state index contributed by atoms with van der Waals surface area (Å²) in [6, 6.07) is -0.106. The molecule has 1 saturated carbocycles. The molecule has 0 spiro atoms. The third-order valence-corrected chi connectivity index (χ3v) is 2.25. The molecule has 4 heteroatoms. The first-order valence-corrected chi connectivity index (χ1v) is 4.34. The number of carbonyl (C=O) groups is 1. The SMILES string of the molecule is C=CC(=O)NC1CCC(F)(F)CC1. The van der Waals surface area contributed by atoms with Crippen LogP contribution >= 0.6 is 0 Å². The zero-order valence-corrected chi connectivity index (χ0v) is 7.35. The van der Waals surface area contributed by atoms with Gasteiger partial charge in [0.25, 0.3) is 0 Å². The van der Waals surface area contributed by atoms with Gasteiger partial charge in [-0.1, -0.05) is 6.58 Å². The minimum Gasteiger partial charge on any atom is -0.350 e. The molecule has 1 N–H and O–H groups in total. The second-order valence-electron chi connectivity index (χ2n) is 3.34. The zero-order valence-electron chi connectivity index (χ0n) is 7.35. The Morgan fingerprint density at radius 1 is 1.46 bits per heavy atom. The van der Waals surface area contributed by atoms with Crippen LogP contribution in [0.15, 0.2) is 12.7 Å². The van der Waals surface area contributed by atoms with Gasteiger partial charge in [0, 0.05) is 18.9 Å². The zero-order chi connectivity index (χ0) is 9.90. The molecule has 0 bridgehead atoms. The van der Waals surface area contributed by atoms with E-state index < -0.39 is 5.92 Å². The molecule has 1 aliphatic carbocycles. The normalized spacial score (nSPS) is 22.3. The van der Waals surface area contributed by atoms with Crippen molar-refractivity contribution in [3.05, 3.63) is 12.7 Å². The third-order valence-electron chi connectivity index (χ3n) is 2.25. The van der Waals surface area contributed by atoms with Gasteiger partial charge in [0.2, 0.25) is 11.8 Å². The van der Waals surface area contributed by atoms with Crippen molar-refractivity contribution in [1.82, 2.24) is 5.32 Å². The van der Waals surface area contributed by atoms with Gasteiger partial charge >= 0.3 is 0 Å². The van der Waals surface area contributed by atoms with Gasteiger partial charge in [0.05, 0.1) is 0 Å². The second kappa shape index (κ2) is 3.85. The van der Waals surface area contributed by atoms with Crippen LogP contribution in [0.2, 0.25) is 0 Å². The lowest BCUT2D eigenvalue weighted by molar-refractivity contribution is -0.118. The Labute approximate surface area is 76.0 Å². The molecular weight excluding hydrogens is 176 g/mol. The third kappa shape index (κ3) is 3.13. The average Bonchev–Trinajstić information content (AvgIpc) is 2.08. The van der Waals surface area contributed by atoms with Crippen LogP contribution < -0.4 is 5.32 Å². The molecule has 1 amide bonds. The van der Waals surface area contributed by atoms with Crippen LogP contribution in [0.1, 0.15) is 25.7 Å². The van der Waals surface area contributed by atoms with Gasteiger partial charge in [-0.05, 0) is 18.9 Å². The molecule has 0 unspecified atom stereocenters. The molecule has 0 atom stereocenters. The van der Waals surface area contributed by atoms with Crippen LogP contribution in [0.5, 0.6) is 0 Å². The monoisotopic (exact) mass is 189 g/mol. The minimum atomic E-state index is -2.53. The van der Waals surface area contributed by atoms with Gasteiger partial charge in [0.15, 0.2) is 0 Å². The van der Waals surface area contributed by atoms with Crippen LogP contribution in [0.25, 0.3) is 0 Å². The standard InChI is InChI=1S/C9H13F2NO/c1-2-8(13)12-7-3-5-9(10,11)6-4-7/h2,7H,1,3-6H2,(H,12,13). The maximum atomic E-state index is 12.7. The van der Waals surface area contributed by atoms with Gasteiger partial charge in [-0.2, -0.15) is 0 Å². The molecule has 0 radical (unpaired) electrons. The Hall–Kier alpha value is -0.930. The Morgan fingerprint density at radius 3 is 2.46 bits per heavy atom. The lowest BCUT2D eigenvalue weighted by Gasteiger charge is -2.28. The molecule has 1 aliphatic rings. The summed E-state index contributed by atoms with van der Waals surface area (Å²) in [6.07, 6.45) is 1.61. The first-order valence-electron chi connectivity index (χ1n) is 4.34. The molecular formula is C9H13F2NO. The van der Waals surface area contributed by atoms with Crippen molar-refractivity contribution >= 4 is 5.91 Å². The van der Waals surface area contributed by atoms with Crippen molar-refractivity contribution in [3.63, 3.8) is 0 Å². The fourth-order valence-corrected chi connectivity index (χ4v) is 1.44. The molecule has 2 nitrogen and oxygen atoms in total. The highest BCUT2D eigenvalue weighted by atomic mass is 19.3. The number of carbonyl (C=O) groups excluding carboxylic acids is 1. The maximum absolute atomic E-state index is 12.7. The largest absolute Gasteiger partial charge is 0.350 e. The average molecular weight is 189 g/mol. The van der Waals surface area contributed by atoms with Gasteiger partial charge in [0.1, 0.15) is 0 Å². The van der Waals surface area contributed by atoms with Crippen molar-refractivity contribution in [2.45, 2.75) is 37.6 Å². The molecule has 1 rings (SSSR count). The van der Waals surface area contributed by atoms with E-state index in [0.29, 0.717) is 12.8 Å². The van der Waals surface area contributed by atoms with E-state index in [1.165, 1.54) is 0 Å². The number of alkyl halides is 2. The van der Waals surface area contributed by atoms with Gasteiger partial charge < -0.3 is 5.32 Å². The summed E-state index contributed by atoms with van der Waals surface area (Å²) in [4.78, 5) is 10.8. The number of nitrogens with one attached hydrogen (secondary N) is 1. The predicted molar refractivity (Wildman–Crippen MR) is 45.5 cm³/mol. The van der Waals surface area contributed by atoms with Crippen LogP contribution in [-0.2, 0) is 4.79 Å². The van der Waals surface area contributed by atoms with E-state index in [4.69, 9.17) is 0 Å². The van der Waals surface area contributed by atoms with Gasteiger partial charge in [-0.15, -0.1) is 0 Å². The minimum absolute atomic E-state index is 0.106. The van der Waals surface area contributed by atoms with Crippen molar-refractivity contribution in [3.8, 4) is 0 Å². The second-order valence-corrected chi connectivity index (χ2v) is 3.34. The van der Waals surface area contributed by atoms with Gasteiger partial charge in [-0.3, -0.25) is 4.79 Å². The van der Waals surface area contributed by atoms with Crippen LogP contribution in [0, 0.1) is 0 Å². The topological polar surface area (TPSA) is 29.1 Å². The summed E-state index contributed by atoms with van der Waals surface area (Å²) in [5.74, 6) is -2.81.